The summed E-state index contributed by atoms with van der Waals surface area (Å²) in [7, 11) is 0. The van der Waals surface area contributed by atoms with E-state index in [0.29, 0.717) is 26.0 Å². The van der Waals surface area contributed by atoms with Crippen LogP contribution in [0.1, 0.15) is 32.3 Å². The van der Waals surface area contributed by atoms with Gasteiger partial charge in [0.1, 0.15) is 5.75 Å². The number of carbonyl (C=O) groups is 1. The zero-order chi connectivity index (χ0) is 15.0. The first kappa shape index (κ1) is 16.5. The summed E-state index contributed by atoms with van der Waals surface area (Å²) in [6.45, 7) is 6.87. The smallest absolute Gasteiger partial charge is 0.223 e. The first-order valence-corrected chi connectivity index (χ1v) is 7.14. The lowest BCUT2D eigenvalue weighted by Crippen LogP contribution is -2.39. The van der Waals surface area contributed by atoms with Crippen LogP contribution < -0.4 is 4.74 Å². The Kier molecular flexibility index (Phi) is 7.09. The Balaban J connectivity index is 2.29. The minimum Gasteiger partial charge on any atom is -0.494 e. The first-order valence-electron chi connectivity index (χ1n) is 7.14. The Hall–Kier alpha value is -1.55. The molecule has 0 unspecified atom stereocenters. The van der Waals surface area contributed by atoms with Crippen LogP contribution in [-0.4, -0.2) is 41.7 Å². The minimum atomic E-state index is 0.00376. The predicted octanol–water partition coefficient (Wildman–Crippen LogP) is 2.38. The molecule has 0 saturated heterocycles. The van der Waals surface area contributed by atoms with Gasteiger partial charge in [0.15, 0.2) is 0 Å². The molecule has 0 aliphatic rings. The molecule has 0 aliphatic carbocycles. The van der Waals surface area contributed by atoms with Crippen LogP contribution in [0.5, 0.6) is 5.75 Å². The topological polar surface area (TPSA) is 49.8 Å². The van der Waals surface area contributed by atoms with Crippen LogP contribution in [0.25, 0.3) is 0 Å². The van der Waals surface area contributed by atoms with E-state index in [0.717, 1.165) is 5.75 Å². The summed E-state index contributed by atoms with van der Waals surface area (Å²) in [5.41, 5.74) is 1.20. The van der Waals surface area contributed by atoms with Gasteiger partial charge in [0, 0.05) is 19.0 Å². The maximum absolute atomic E-state index is 12.0. The summed E-state index contributed by atoms with van der Waals surface area (Å²) in [4.78, 5) is 13.7. The van der Waals surface area contributed by atoms with Gasteiger partial charge < -0.3 is 14.7 Å². The molecule has 0 aliphatic heterocycles. The van der Waals surface area contributed by atoms with E-state index in [1.807, 2.05) is 45.0 Å². The fourth-order valence-electron chi connectivity index (χ4n) is 1.97. The maximum atomic E-state index is 12.0. The summed E-state index contributed by atoms with van der Waals surface area (Å²) in [5.74, 6) is 0.903. The van der Waals surface area contributed by atoms with E-state index in [2.05, 4.69) is 0 Å². The molecule has 112 valence electrons. The second-order valence-corrected chi connectivity index (χ2v) is 5.17. The number of carbonyl (C=O) groups excluding carboxylic acids is 1. The van der Waals surface area contributed by atoms with Crippen LogP contribution in [0, 0.1) is 6.92 Å². The van der Waals surface area contributed by atoms with Gasteiger partial charge in [0.05, 0.1) is 13.2 Å². The van der Waals surface area contributed by atoms with E-state index in [4.69, 9.17) is 9.84 Å². The summed E-state index contributed by atoms with van der Waals surface area (Å²) in [5, 5.41) is 8.96. The molecule has 0 saturated carbocycles. The van der Waals surface area contributed by atoms with Crippen molar-refractivity contribution in [1.82, 2.24) is 4.90 Å². The molecule has 20 heavy (non-hydrogen) atoms. The molecule has 1 N–H and O–H groups in total. The van der Waals surface area contributed by atoms with Gasteiger partial charge in [-0.15, -0.1) is 0 Å². The quantitative estimate of drug-likeness (QED) is 0.743. The van der Waals surface area contributed by atoms with Gasteiger partial charge in [-0.05, 0) is 39.3 Å². The molecule has 4 nitrogen and oxygen atoms in total. The van der Waals surface area contributed by atoms with Gasteiger partial charge in [-0.25, -0.2) is 0 Å². The monoisotopic (exact) mass is 279 g/mol. The van der Waals surface area contributed by atoms with E-state index in [1.54, 1.807) is 4.90 Å². The zero-order valence-corrected chi connectivity index (χ0v) is 12.6. The Morgan fingerprint density at radius 2 is 1.95 bits per heavy atom. The lowest BCUT2D eigenvalue weighted by molar-refractivity contribution is -0.133. The standard InChI is InChI=1S/C16H25NO3/c1-13(2)17(10-11-18)16(19)5-4-12-20-15-8-6-14(3)7-9-15/h6-9,13,18H,4-5,10-12H2,1-3H3. The number of benzene rings is 1. The molecule has 0 spiro atoms. The van der Waals surface area contributed by atoms with Gasteiger partial charge >= 0.3 is 0 Å². The fraction of sp³-hybridized carbons (Fsp3) is 0.562. The van der Waals surface area contributed by atoms with Gasteiger partial charge in [0.2, 0.25) is 5.91 Å². The van der Waals surface area contributed by atoms with E-state index >= 15 is 0 Å². The van der Waals surface area contributed by atoms with Crippen molar-refractivity contribution in [2.45, 2.75) is 39.7 Å². The molecular formula is C16H25NO3. The van der Waals surface area contributed by atoms with Gasteiger partial charge in [-0.2, -0.15) is 0 Å². The van der Waals surface area contributed by atoms with Crippen LogP contribution >= 0.6 is 0 Å². The number of ether oxygens (including phenoxy) is 1. The van der Waals surface area contributed by atoms with Crippen molar-refractivity contribution in [2.24, 2.45) is 0 Å². The van der Waals surface area contributed by atoms with Crippen LogP contribution in [-0.2, 0) is 4.79 Å². The molecule has 0 fully saturated rings. The predicted molar refractivity (Wildman–Crippen MR) is 79.8 cm³/mol. The van der Waals surface area contributed by atoms with Crippen LogP contribution in [0.4, 0.5) is 0 Å². The zero-order valence-electron chi connectivity index (χ0n) is 12.6. The molecular weight excluding hydrogens is 254 g/mol. The largest absolute Gasteiger partial charge is 0.494 e. The van der Waals surface area contributed by atoms with E-state index < -0.39 is 0 Å². The highest BCUT2D eigenvalue weighted by Crippen LogP contribution is 2.12. The van der Waals surface area contributed by atoms with Crippen LogP contribution in [0.3, 0.4) is 0 Å². The molecule has 0 bridgehead atoms. The summed E-state index contributed by atoms with van der Waals surface area (Å²) in [6.07, 6.45) is 1.13. The van der Waals surface area contributed by atoms with E-state index in [-0.39, 0.29) is 18.6 Å². The molecule has 0 heterocycles. The number of rotatable bonds is 8. The van der Waals surface area contributed by atoms with Crippen molar-refractivity contribution >= 4 is 5.91 Å². The molecule has 0 aromatic heterocycles. The number of hydrogen-bond donors (Lipinski definition) is 1. The number of hydrogen-bond acceptors (Lipinski definition) is 3. The van der Waals surface area contributed by atoms with E-state index in [9.17, 15) is 4.79 Å². The number of aliphatic hydroxyl groups excluding tert-OH is 1. The van der Waals surface area contributed by atoms with Crippen molar-refractivity contribution < 1.29 is 14.6 Å². The summed E-state index contributed by atoms with van der Waals surface area (Å²) >= 11 is 0. The number of aliphatic hydroxyl groups is 1. The Morgan fingerprint density at radius 3 is 2.50 bits per heavy atom. The SMILES string of the molecule is Cc1ccc(OCCCC(=O)N(CCO)C(C)C)cc1. The Labute approximate surface area is 121 Å². The molecule has 0 radical (unpaired) electrons. The maximum Gasteiger partial charge on any atom is 0.223 e. The van der Waals surface area contributed by atoms with Gasteiger partial charge in [-0.1, -0.05) is 17.7 Å². The highest BCUT2D eigenvalue weighted by Gasteiger charge is 2.15. The second kappa shape index (κ2) is 8.59. The molecule has 1 rings (SSSR count). The number of nitrogens with zero attached hydrogens (tertiary/aromatic N) is 1. The average molecular weight is 279 g/mol. The highest BCUT2D eigenvalue weighted by molar-refractivity contribution is 5.76. The summed E-state index contributed by atoms with van der Waals surface area (Å²) < 4.78 is 5.59. The van der Waals surface area contributed by atoms with Crippen molar-refractivity contribution in [3.05, 3.63) is 29.8 Å². The van der Waals surface area contributed by atoms with Crippen molar-refractivity contribution in [1.29, 1.82) is 0 Å². The van der Waals surface area contributed by atoms with E-state index in [1.165, 1.54) is 5.56 Å². The normalized spacial score (nSPS) is 10.7. The first-order chi connectivity index (χ1) is 9.54. The Bertz CT molecular complexity index is 401. The third-order valence-electron chi connectivity index (χ3n) is 3.11. The molecule has 1 amide bonds. The van der Waals surface area contributed by atoms with Gasteiger partial charge in [-0.3, -0.25) is 4.79 Å². The Morgan fingerprint density at radius 1 is 1.30 bits per heavy atom. The average Bonchev–Trinajstić information content (AvgIpc) is 2.42. The molecule has 1 aromatic carbocycles. The molecule has 4 heteroatoms. The van der Waals surface area contributed by atoms with Crippen LogP contribution in [0.2, 0.25) is 0 Å². The van der Waals surface area contributed by atoms with Gasteiger partial charge in [0.25, 0.3) is 0 Å². The third kappa shape index (κ3) is 5.61. The number of aryl methyl sites for hydroxylation is 1. The minimum absolute atomic E-state index is 0.00376. The van der Waals surface area contributed by atoms with Crippen molar-refractivity contribution in [3.8, 4) is 5.75 Å². The van der Waals surface area contributed by atoms with Crippen LogP contribution in [0.15, 0.2) is 24.3 Å². The third-order valence-corrected chi connectivity index (χ3v) is 3.11. The summed E-state index contributed by atoms with van der Waals surface area (Å²) in [6, 6.07) is 7.99. The molecule has 1 aromatic rings. The lowest BCUT2D eigenvalue weighted by Gasteiger charge is -2.26. The fourth-order valence-corrected chi connectivity index (χ4v) is 1.97. The van der Waals surface area contributed by atoms with Crippen molar-refractivity contribution in [3.63, 3.8) is 0 Å². The molecule has 0 atom stereocenters. The number of amides is 1. The lowest BCUT2D eigenvalue weighted by atomic mass is 10.2. The highest BCUT2D eigenvalue weighted by atomic mass is 16.5. The second-order valence-electron chi connectivity index (χ2n) is 5.17. The van der Waals surface area contributed by atoms with Crippen molar-refractivity contribution in [2.75, 3.05) is 19.8 Å².